The molecule has 1 aliphatic carbocycles. The molecular formula is C48H33N3O. The van der Waals surface area contributed by atoms with Gasteiger partial charge in [-0.25, -0.2) is 15.0 Å². The average Bonchev–Trinajstić information content (AvgIpc) is 3.61. The van der Waals surface area contributed by atoms with Crippen molar-refractivity contribution in [3.05, 3.63) is 181 Å². The van der Waals surface area contributed by atoms with Crippen molar-refractivity contribution in [3.63, 3.8) is 0 Å². The zero-order valence-electron chi connectivity index (χ0n) is 28.6. The first-order valence-corrected chi connectivity index (χ1v) is 17.7. The van der Waals surface area contributed by atoms with E-state index in [-0.39, 0.29) is 5.41 Å². The van der Waals surface area contributed by atoms with E-state index in [1.165, 1.54) is 27.1 Å². The third-order valence-electron chi connectivity index (χ3n) is 10.6. The zero-order valence-corrected chi connectivity index (χ0v) is 28.6. The van der Waals surface area contributed by atoms with Crippen LogP contribution in [0.4, 0.5) is 0 Å². The molecule has 0 amide bonds. The topological polar surface area (TPSA) is 51.8 Å². The summed E-state index contributed by atoms with van der Waals surface area (Å²) in [6, 6.07) is 53.0. The van der Waals surface area contributed by atoms with Crippen LogP contribution < -0.4 is 0 Å². The van der Waals surface area contributed by atoms with Gasteiger partial charge in [-0.15, -0.1) is 0 Å². The SMILES string of the molecule is CC1(c2ccccc2)C=CC(c2nc(-c3ccccc3)nc(-c3ccc(-c4ccc5ccc6ccccc6c5c4)c4oc5ccccc5c34)n2)=CC1. The lowest BCUT2D eigenvalue weighted by Crippen LogP contribution is -2.20. The molecule has 1 aliphatic rings. The molecule has 4 heteroatoms. The summed E-state index contributed by atoms with van der Waals surface area (Å²) >= 11 is 0. The Bertz CT molecular complexity index is 2890. The van der Waals surface area contributed by atoms with E-state index in [9.17, 15) is 0 Å². The van der Waals surface area contributed by atoms with Crippen LogP contribution in [-0.4, -0.2) is 15.0 Å². The molecule has 246 valence electrons. The second-order valence-corrected chi connectivity index (χ2v) is 13.8. The van der Waals surface area contributed by atoms with Crippen LogP contribution in [0.3, 0.4) is 0 Å². The second-order valence-electron chi connectivity index (χ2n) is 13.8. The van der Waals surface area contributed by atoms with Crippen molar-refractivity contribution in [2.75, 3.05) is 0 Å². The van der Waals surface area contributed by atoms with Gasteiger partial charge in [0.15, 0.2) is 17.5 Å². The van der Waals surface area contributed by atoms with Crippen LogP contribution in [0, 0.1) is 0 Å². The summed E-state index contributed by atoms with van der Waals surface area (Å²) in [6.45, 7) is 2.28. The first-order chi connectivity index (χ1) is 25.6. The number of hydrogen-bond donors (Lipinski definition) is 0. The van der Waals surface area contributed by atoms with Crippen LogP contribution >= 0.6 is 0 Å². The van der Waals surface area contributed by atoms with Gasteiger partial charge < -0.3 is 4.42 Å². The predicted molar refractivity (Wildman–Crippen MR) is 214 cm³/mol. The van der Waals surface area contributed by atoms with Gasteiger partial charge >= 0.3 is 0 Å². The largest absolute Gasteiger partial charge is 0.455 e. The number of aromatic nitrogens is 3. The molecule has 2 heterocycles. The molecule has 0 radical (unpaired) electrons. The van der Waals surface area contributed by atoms with Crippen molar-refractivity contribution in [1.82, 2.24) is 15.0 Å². The van der Waals surface area contributed by atoms with E-state index in [2.05, 4.69) is 146 Å². The van der Waals surface area contributed by atoms with Crippen LogP contribution in [0.15, 0.2) is 174 Å². The van der Waals surface area contributed by atoms with Gasteiger partial charge in [-0.3, -0.25) is 0 Å². The van der Waals surface area contributed by atoms with E-state index in [0.29, 0.717) is 17.5 Å². The number of furan rings is 1. The van der Waals surface area contributed by atoms with Crippen LogP contribution in [0.2, 0.25) is 0 Å². The summed E-state index contributed by atoms with van der Waals surface area (Å²) < 4.78 is 6.73. The number of para-hydroxylation sites is 1. The first-order valence-electron chi connectivity index (χ1n) is 17.7. The Balaban J connectivity index is 1.16. The molecular weight excluding hydrogens is 635 g/mol. The number of benzene rings is 7. The minimum Gasteiger partial charge on any atom is -0.455 e. The van der Waals surface area contributed by atoms with E-state index >= 15 is 0 Å². The van der Waals surface area contributed by atoms with Gasteiger partial charge in [0.2, 0.25) is 0 Å². The highest BCUT2D eigenvalue weighted by molar-refractivity contribution is 6.16. The molecule has 2 aromatic heterocycles. The Morgan fingerprint density at radius 1 is 0.538 bits per heavy atom. The van der Waals surface area contributed by atoms with Gasteiger partial charge in [0.1, 0.15) is 11.2 Å². The molecule has 0 aliphatic heterocycles. The van der Waals surface area contributed by atoms with Gasteiger partial charge in [-0.2, -0.15) is 0 Å². The molecule has 0 fully saturated rings. The highest BCUT2D eigenvalue weighted by atomic mass is 16.3. The minimum atomic E-state index is -0.102. The average molecular weight is 668 g/mol. The molecule has 0 spiro atoms. The molecule has 4 nitrogen and oxygen atoms in total. The fraction of sp³-hybridized carbons (Fsp3) is 0.0625. The van der Waals surface area contributed by atoms with E-state index in [4.69, 9.17) is 19.4 Å². The van der Waals surface area contributed by atoms with Crippen LogP contribution in [0.25, 0.3) is 83.0 Å². The maximum atomic E-state index is 6.73. The standard InChI is InChI=1S/C48H33N3O/c1-48(36-15-6-3-7-16-36)28-26-34(27-29-48)46-49-45(33-13-4-2-5-14-33)50-47(51-46)40-25-24-38(44-43(40)39-18-10-11-19-42(39)52-44)35-23-22-32-21-20-31-12-8-9-17-37(31)41(32)30-35/h2-28,30H,29H2,1H3. The van der Waals surface area contributed by atoms with E-state index < -0.39 is 0 Å². The van der Waals surface area contributed by atoms with Crippen molar-refractivity contribution < 1.29 is 4.42 Å². The molecule has 0 N–H and O–H groups in total. The van der Waals surface area contributed by atoms with Crippen LogP contribution in [-0.2, 0) is 5.41 Å². The number of hydrogen-bond acceptors (Lipinski definition) is 4. The van der Waals surface area contributed by atoms with E-state index in [1.54, 1.807) is 0 Å². The third kappa shape index (κ3) is 5.03. The van der Waals surface area contributed by atoms with Crippen LogP contribution in [0.5, 0.6) is 0 Å². The highest BCUT2D eigenvalue weighted by Crippen LogP contribution is 2.43. The van der Waals surface area contributed by atoms with Gasteiger partial charge in [0, 0.05) is 38.5 Å². The van der Waals surface area contributed by atoms with Crippen LogP contribution in [0.1, 0.15) is 24.7 Å². The quantitative estimate of drug-likeness (QED) is 0.171. The number of allylic oxidation sites excluding steroid dienone is 4. The minimum absolute atomic E-state index is 0.102. The van der Waals surface area contributed by atoms with Gasteiger partial charge in [-0.1, -0.05) is 153 Å². The molecule has 0 saturated carbocycles. The number of fused-ring (bicyclic) bond motifs is 6. The van der Waals surface area contributed by atoms with E-state index in [1.807, 2.05) is 30.3 Å². The van der Waals surface area contributed by atoms with E-state index in [0.717, 1.165) is 56.2 Å². The molecule has 1 unspecified atom stereocenters. The predicted octanol–water partition coefficient (Wildman–Crippen LogP) is 12.4. The van der Waals surface area contributed by atoms with Crippen molar-refractivity contribution >= 4 is 49.1 Å². The normalized spacial score (nSPS) is 15.8. The van der Waals surface area contributed by atoms with Gasteiger partial charge in [0.05, 0.1) is 0 Å². The molecule has 7 aromatic carbocycles. The number of nitrogens with zero attached hydrogens (tertiary/aromatic N) is 3. The summed E-state index contributed by atoms with van der Waals surface area (Å²) in [5, 5.41) is 6.91. The first kappa shape index (κ1) is 30.2. The maximum Gasteiger partial charge on any atom is 0.164 e. The van der Waals surface area contributed by atoms with Gasteiger partial charge in [-0.05, 0) is 63.4 Å². The Morgan fingerprint density at radius 3 is 2.00 bits per heavy atom. The molecule has 9 aromatic rings. The summed E-state index contributed by atoms with van der Waals surface area (Å²) in [6.07, 6.45) is 7.56. The smallest absolute Gasteiger partial charge is 0.164 e. The Hall–Kier alpha value is -6.65. The summed E-state index contributed by atoms with van der Waals surface area (Å²) in [5.74, 6) is 1.90. The molecule has 0 bridgehead atoms. The Labute approximate surface area is 301 Å². The summed E-state index contributed by atoms with van der Waals surface area (Å²) in [4.78, 5) is 15.4. The third-order valence-corrected chi connectivity index (χ3v) is 10.6. The monoisotopic (exact) mass is 667 g/mol. The summed E-state index contributed by atoms with van der Waals surface area (Å²) in [5.41, 5.74) is 7.79. The highest BCUT2D eigenvalue weighted by Gasteiger charge is 2.27. The molecule has 52 heavy (non-hydrogen) atoms. The molecule has 1 atom stereocenters. The van der Waals surface area contributed by atoms with Crippen molar-refractivity contribution in [1.29, 1.82) is 0 Å². The van der Waals surface area contributed by atoms with Gasteiger partial charge in [0.25, 0.3) is 0 Å². The summed E-state index contributed by atoms with van der Waals surface area (Å²) in [7, 11) is 0. The van der Waals surface area contributed by atoms with Crippen molar-refractivity contribution in [3.8, 4) is 33.9 Å². The zero-order chi connectivity index (χ0) is 34.6. The number of rotatable bonds is 5. The lowest BCUT2D eigenvalue weighted by Gasteiger charge is -2.28. The Morgan fingerprint density at radius 2 is 1.19 bits per heavy atom. The lowest BCUT2D eigenvalue weighted by atomic mass is 9.76. The maximum absolute atomic E-state index is 6.73. The van der Waals surface area contributed by atoms with Crippen molar-refractivity contribution in [2.45, 2.75) is 18.8 Å². The molecule has 0 saturated heterocycles. The lowest BCUT2D eigenvalue weighted by molar-refractivity contribution is 0.601. The fourth-order valence-electron chi connectivity index (χ4n) is 7.68. The second kappa shape index (κ2) is 12.0. The molecule has 10 rings (SSSR count). The Kier molecular flexibility index (Phi) is 6.97. The van der Waals surface area contributed by atoms with Crippen molar-refractivity contribution in [2.24, 2.45) is 0 Å². The fourth-order valence-corrected chi connectivity index (χ4v) is 7.68.